The largest absolute Gasteiger partial charge is 0.334 e. The maximum Gasteiger partial charge on any atom is 0.271 e. The van der Waals surface area contributed by atoms with Crippen molar-refractivity contribution in [2.45, 2.75) is 25.9 Å². The molecule has 0 spiro atoms. The summed E-state index contributed by atoms with van der Waals surface area (Å²) in [6.45, 7) is 1.13. The van der Waals surface area contributed by atoms with Crippen LogP contribution in [0.3, 0.4) is 0 Å². The zero-order valence-corrected chi connectivity index (χ0v) is 15.1. The molecule has 2 aromatic heterocycles. The molecular weight excluding hydrogens is 344 g/mol. The van der Waals surface area contributed by atoms with E-state index in [0.29, 0.717) is 17.9 Å². The molecule has 6 heteroatoms. The Labute approximate surface area is 154 Å². The lowest BCUT2D eigenvalue weighted by molar-refractivity contribution is 0.569. The Kier molecular flexibility index (Phi) is 3.71. The quantitative estimate of drug-likeness (QED) is 0.697. The van der Waals surface area contributed by atoms with Crippen molar-refractivity contribution in [1.29, 1.82) is 0 Å². The molecule has 5 rings (SSSR count). The second kappa shape index (κ2) is 6.21. The van der Waals surface area contributed by atoms with E-state index in [2.05, 4.69) is 33.1 Å². The van der Waals surface area contributed by atoms with E-state index in [9.17, 15) is 4.79 Å². The fourth-order valence-corrected chi connectivity index (χ4v) is 4.57. The molecule has 1 aliphatic heterocycles. The Hall–Kier alpha value is -2.73. The van der Waals surface area contributed by atoms with E-state index in [1.54, 1.807) is 10.8 Å². The van der Waals surface area contributed by atoms with Crippen LogP contribution in [0.2, 0.25) is 0 Å². The summed E-state index contributed by atoms with van der Waals surface area (Å²) in [5.41, 5.74) is 4.84. The van der Waals surface area contributed by atoms with E-state index in [1.165, 1.54) is 35.3 Å². The van der Waals surface area contributed by atoms with Crippen LogP contribution in [-0.4, -0.2) is 16.2 Å². The van der Waals surface area contributed by atoms with Crippen LogP contribution < -0.4 is 19.8 Å². The molecule has 26 heavy (non-hydrogen) atoms. The smallest absolute Gasteiger partial charge is 0.271 e. The third-order valence-electron chi connectivity index (χ3n) is 4.99. The SMILES string of the molecule is O=c1/c(=C/c2ccccn2)sc2n1CN(c1ccc3c(c1)CCC3)CN=2. The highest BCUT2D eigenvalue weighted by Crippen LogP contribution is 2.27. The first kappa shape index (κ1) is 15.5. The fraction of sp³-hybridized carbons (Fsp3) is 0.250. The molecule has 130 valence electrons. The number of anilines is 1. The summed E-state index contributed by atoms with van der Waals surface area (Å²) in [4.78, 5) is 24.7. The van der Waals surface area contributed by atoms with Gasteiger partial charge in [0.1, 0.15) is 13.3 Å². The molecule has 1 aromatic carbocycles. The predicted molar refractivity (Wildman–Crippen MR) is 103 cm³/mol. The average Bonchev–Trinajstić information content (AvgIpc) is 3.27. The predicted octanol–water partition coefficient (Wildman–Crippen LogP) is 1.68. The van der Waals surface area contributed by atoms with Gasteiger partial charge in [0, 0.05) is 11.9 Å². The number of thiazole rings is 1. The lowest BCUT2D eigenvalue weighted by Crippen LogP contribution is -2.42. The Morgan fingerprint density at radius 3 is 2.92 bits per heavy atom. The Bertz CT molecular complexity index is 1150. The molecule has 0 N–H and O–H groups in total. The second-order valence-electron chi connectivity index (χ2n) is 6.67. The molecule has 3 heterocycles. The van der Waals surface area contributed by atoms with Gasteiger partial charge in [0.25, 0.3) is 5.56 Å². The molecule has 3 aromatic rings. The highest BCUT2D eigenvalue weighted by Gasteiger charge is 2.18. The third-order valence-corrected chi connectivity index (χ3v) is 6.04. The van der Waals surface area contributed by atoms with Gasteiger partial charge in [-0.2, -0.15) is 0 Å². The maximum absolute atomic E-state index is 12.8. The van der Waals surface area contributed by atoms with Gasteiger partial charge >= 0.3 is 0 Å². The minimum atomic E-state index is 0.00487. The van der Waals surface area contributed by atoms with Gasteiger partial charge in [-0.15, -0.1) is 0 Å². The molecule has 5 nitrogen and oxygen atoms in total. The molecule has 0 unspecified atom stereocenters. The zero-order valence-electron chi connectivity index (χ0n) is 14.3. The standard InChI is InChI=1S/C20H18N4OS/c25-19-18(11-16-6-1-2-9-21-16)26-20-22-12-23(13-24(19)20)17-8-7-14-4-3-5-15(14)10-17/h1-2,6-11H,3-5,12-13H2/b18-11-. The van der Waals surface area contributed by atoms with Crippen LogP contribution in [0.5, 0.6) is 0 Å². The zero-order chi connectivity index (χ0) is 17.5. The molecule has 0 bridgehead atoms. The molecule has 1 aliphatic carbocycles. The first-order valence-electron chi connectivity index (χ1n) is 8.81. The summed E-state index contributed by atoms with van der Waals surface area (Å²) < 4.78 is 2.44. The lowest BCUT2D eigenvalue weighted by Gasteiger charge is -2.26. The monoisotopic (exact) mass is 362 g/mol. The summed E-state index contributed by atoms with van der Waals surface area (Å²) in [7, 11) is 0. The normalized spacial score (nSPS) is 16.3. The van der Waals surface area contributed by atoms with Crippen molar-refractivity contribution in [3.8, 4) is 0 Å². The Balaban J connectivity index is 1.50. The topological polar surface area (TPSA) is 50.5 Å². The van der Waals surface area contributed by atoms with Crippen molar-refractivity contribution in [3.05, 3.63) is 79.1 Å². The summed E-state index contributed by atoms with van der Waals surface area (Å²) in [5.74, 6) is 0. The van der Waals surface area contributed by atoms with Gasteiger partial charge < -0.3 is 4.90 Å². The number of fused-ring (bicyclic) bond motifs is 2. The number of benzene rings is 1. The van der Waals surface area contributed by atoms with Gasteiger partial charge in [-0.05, 0) is 60.7 Å². The molecule has 0 atom stereocenters. The van der Waals surface area contributed by atoms with Gasteiger partial charge in [-0.25, -0.2) is 4.99 Å². The van der Waals surface area contributed by atoms with E-state index >= 15 is 0 Å². The van der Waals surface area contributed by atoms with Crippen LogP contribution in [-0.2, 0) is 19.5 Å². The number of nitrogens with zero attached hydrogens (tertiary/aromatic N) is 4. The molecule has 2 aliphatic rings. The maximum atomic E-state index is 12.8. The lowest BCUT2D eigenvalue weighted by atomic mass is 10.1. The molecule has 0 fully saturated rings. The van der Waals surface area contributed by atoms with E-state index in [-0.39, 0.29) is 5.56 Å². The van der Waals surface area contributed by atoms with Crippen molar-refractivity contribution in [1.82, 2.24) is 9.55 Å². The Morgan fingerprint density at radius 1 is 1.12 bits per heavy atom. The molecule has 0 saturated carbocycles. The second-order valence-corrected chi connectivity index (χ2v) is 7.68. The van der Waals surface area contributed by atoms with Crippen molar-refractivity contribution in [3.63, 3.8) is 0 Å². The van der Waals surface area contributed by atoms with Gasteiger partial charge in [-0.1, -0.05) is 23.5 Å². The summed E-state index contributed by atoms with van der Waals surface area (Å²) in [6, 6.07) is 12.3. The summed E-state index contributed by atoms with van der Waals surface area (Å²) in [6.07, 6.45) is 7.15. The summed E-state index contributed by atoms with van der Waals surface area (Å²) in [5, 5.41) is 0. The van der Waals surface area contributed by atoms with Gasteiger partial charge in [0.2, 0.25) is 0 Å². The first-order valence-corrected chi connectivity index (χ1v) is 9.63. The molecule has 0 radical (unpaired) electrons. The van der Waals surface area contributed by atoms with Crippen molar-refractivity contribution < 1.29 is 0 Å². The van der Waals surface area contributed by atoms with Gasteiger partial charge in [0.15, 0.2) is 4.80 Å². The van der Waals surface area contributed by atoms with Crippen molar-refractivity contribution in [2.24, 2.45) is 4.99 Å². The number of aromatic nitrogens is 2. The van der Waals surface area contributed by atoms with E-state index in [0.717, 1.165) is 22.6 Å². The summed E-state index contributed by atoms with van der Waals surface area (Å²) >= 11 is 1.44. The minimum absolute atomic E-state index is 0.00487. The number of rotatable bonds is 2. The first-order chi connectivity index (χ1) is 12.8. The van der Waals surface area contributed by atoms with Crippen LogP contribution in [0.4, 0.5) is 5.69 Å². The number of pyridine rings is 1. The molecule has 0 saturated heterocycles. The van der Waals surface area contributed by atoms with Crippen molar-refractivity contribution >= 4 is 23.1 Å². The fourth-order valence-electron chi connectivity index (χ4n) is 3.63. The third kappa shape index (κ3) is 2.66. The van der Waals surface area contributed by atoms with Gasteiger partial charge in [-0.3, -0.25) is 14.3 Å². The number of aryl methyl sites for hydroxylation is 2. The van der Waals surface area contributed by atoms with Crippen LogP contribution in [0, 0.1) is 0 Å². The van der Waals surface area contributed by atoms with E-state index in [1.807, 2.05) is 24.3 Å². The number of hydrogen-bond donors (Lipinski definition) is 0. The van der Waals surface area contributed by atoms with Crippen LogP contribution >= 0.6 is 11.3 Å². The minimum Gasteiger partial charge on any atom is -0.334 e. The number of hydrogen-bond acceptors (Lipinski definition) is 5. The van der Waals surface area contributed by atoms with Gasteiger partial charge in [0.05, 0.1) is 10.2 Å². The van der Waals surface area contributed by atoms with Crippen LogP contribution in [0.1, 0.15) is 23.2 Å². The Morgan fingerprint density at radius 2 is 2.04 bits per heavy atom. The van der Waals surface area contributed by atoms with Crippen LogP contribution in [0.15, 0.2) is 52.4 Å². The van der Waals surface area contributed by atoms with E-state index in [4.69, 9.17) is 0 Å². The van der Waals surface area contributed by atoms with E-state index < -0.39 is 0 Å². The average molecular weight is 362 g/mol. The highest BCUT2D eigenvalue weighted by molar-refractivity contribution is 7.07. The van der Waals surface area contributed by atoms with Crippen LogP contribution in [0.25, 0.3) is 6.08 Å². The van der Waals surface area contributed by atoms with Crippen molar-refractivity contribution in [2.75, 3.05) is 11.6 Å². The highest BCUT2D eigenvalue weighted by atomic mass is 32.1. The molecular formula is C20H18N4OS. The molecule has 0 amide bonds.